The van der Waals surface area contributed by atoms with Crippen LogP contribution in [0.15, 0.2) is 103 Å². The summed E-state index contributed by atoms with van der Waals surface area (Å²) >= 11 is 6.32. The number of amides is 4. The second kappa shape index (κ2) is 14.5. The molecule has 0 aromatic heterocycles. The lowest BCUT2D eigenvalue weighted by Gasteiger charge is -2.50. The molecule has 8 rings (SSSR count). The molecule has 2 saturated heterocycles. The Morgan fingerprint density at radius 1 is 0.814 bits per heavy atom. The van der Waals surface area contributed by atoms with Crippen LogP contribution < -0.4 is 15.1 Å². The molecule has 6 unspecified atom stereocenters. The number of fused-ring (bicyclic) bond motifs is 4. The fourth-order valence-electron chi connectivity index (χ4n) is 9.33. The normalized spacial score (nSPS) is 25.4. The van der Waals surface area contributed by atoms with Gasteiger partial charge in [-0.2, -0.15) is 31.4 Å². The van der Waals surface area contributed by atoms with Crippen molar-refractivity contribution in [3.8, 4) is 5.75 Å². The minimum atomic E-state index is -5.26. The summed E-state index contributed by atoms with van der Waals surface area (Å²) < 4.78 is 104. The number of nitrogens with one attached hydrogen (secondary N) is 1. The molecule has 4 aromatic rings. The Kier molecular flexibility index (Phi) is 9.86. The highest BCUT2D eigenvalue weighted by Gasteiger charge is 2.70. The number of benzene rings is 4. The van der Waals surface area contributed by atoms with E-state index in [0.717, 1.165) is 17.1 Å². The first-order chi connectivity index (χ1) is 28.0. The van der Waals surface area contributed by atoms with Crippen LogP contribution in [0.5, 0.6) is 5.75 Å². The molecule has 4 aliphatic rings. The third-order valence-corrected chi connectivity index (χ3v) is 11.9. The van der Waals surface area contributed by atoms with Crippen molar-refractivity contribution in [2.75, 3.05) is 23.5 Å². The van der Waals surface area contributed by atoms with Gasteiger partial charge in [0.2, 0.25) is 11.8 Å². The third-order valence-electron chi connectivity index (χ3n) is 11.7. The van der Waals surface area contributed by atoms with E-state index in [4.69, 9.17) is 16.3 Å². The van der Waals surface area contributed by atoms with Gasteiger partial charge in [-0.15, -0.1) is 0 Å². The van der Waals surface area contributed by atoms with Crippen molar-refractivity contribution < 1.29 is 59.8 Å². The Balaban J connectivity index is 1.32. The molecule has 2 aliphatic carbocycles. The molecule has 0 spiro atoms. The average Bonchev–Trinajstić information content (AvgIpc) is 3.58. The van der Waals surface area contributed by atoms with Gasteiger partial charge < -0.3 is 9.84 Å². The van der Waals surface area contributed by atoms with Crippen LogP contribution in [0.3, 0.4) is 0 Å². The van der Waals surface area contributed by atoms with Gasteiger partial charge in [-0.1, -0.05) is 53.6 Å². The standard InChI is InChI=1S/C42H31ClF7N3O6/c43-24-7-5-21(6-8-24)40-32(37(56)53(39(40)58)51-26-11-9-25(44)10-12-26)20-31-28(35(40)29-3-1-2-4-33(29)59-16-15-54)13-14-30-34(31)38(57)52(36(30)55)27-18-22(41(45,46)47)17-23(19-27)42(48,49)50/h1-13,17-19,30-32,34-35,51,54H,14-16,20H2. The van der Waals surface area contributed by atoms with Crippen molar-refractivity contribution in [1.29, 1.82) is 0 Å². The number of aliphatic hydroxyl groups is 1. The van der Waals surface area contributed by atoms with E-state index in [9.17, 15) is 50.2 Å². The van der Waals surface area contributed by atoms with E-state index < -0.39 is 100 Å². The van der Waals surface area contributed by atoms with Crippen molar-refractivity contribution in [3.05, 3.63) is 136 Å². The second-order valence-corrected chi connectivity index (χ2v) is 15.2. The zero-order valence-corrected chi connectivity index (χ0v) is 31.1. The number of hydrogen-bond acceptors (Lipinski definition) is 7. The number of carbonyl (C=O) groups is 4. The van der Waals surface area contributed by atoms with E-state index >= 15 is 4.79 Å². The zero-order valence-electron chi connectivity index (χ0n) is 30.4. The molecule has 3 fully saturated rings. The Morgan fingerprint density at radius 3 is 2.08 bits per heavy atom. The molecule has 59 heavy (non-hydrogen) atoms. The maximum atomic E-state index is 15.3. The molecule has 2 heterocycles. The number of rotatable bonds is 8. The summed E-state index contributed by atoms with van der Waals surface area (Å²) in [5.41, 5.74) is -2.11. The highest BCUT2D eigenvalue weighted by Crippen LogP contribution is 2.65. The predicted molar refractivity (Wildman–Crippen MR) is 197 cm³/mol. The fraction of sp³-hybridized carbons (Fsp3) is 0.286. The summed E-state index contributed by atoms with van der Waals surface area (Å²) in [6.45, 7) is -0.581. The van der Waals surface area contributed by atoms with Gasteiger partial charge in [-0.25, -0.2) is 9.29 Å². The number of halogens is 8. The first-order valence-corrected chi connectivity index (χ1v) is 18.7. The molecule has 0 radical (unpaired) electrons. The molecule has 6 atom stereocenters. The van der Waals surface area contributed by atoms with Crippen LogP contribution in [0.4, 0.5) is 42.1 Å². The molecule has 9 nitrogen and oxygen atoms in total. The number of nitrogens with zero attached hydrogens (tertiary/aromatic N) is 2. The van der Waals surface area contributed by atoms with Gasteiger partial charge in [0.1, 0.15) is 18.2 Å². The van der Waals surface area contributed by atoms with Gasteiger partial charge >= 0.3 is 12.4 Å². The number of hydrazine groups is 1. The van der Waals surface area contributed by atoms with Crippen LogP contribution in [0, 0.1) is 29.5 Å². The zero-order chi connectivity index (χ0) is 42.2. The minimum Gasteiger partial charge on any atom is -0.491 e. The fourth-order valence-corrected chi connectivity index (χ4v) is 9.45. The number of anilines is 2. The number of hydrogen-bond donors (Lipinski definition) is 2. The van der Waals surface area contributed by atoms with Gasteiger partial charge in [-0.05, 0) is 85.0 Å². The van der Waals surface area contributed by atoms with E-state index in [1.165, 1.54) is 24.3 Å². The first-order valence-electron chi connectivity index (χ1n) is 18.3. The van der Waals surface area contributed by atoms with Crippen molar-refractivity contribution in [3.63, 3.8) is 0 Å². The smallest absolute Gasteiger partial charge is 0.416 e. The number of imide groups is 2. The van der Waals surface area contributed by atoms with E-state index in [-0.39, 0.29) is 37.0 Å². The number of alkyl halides is 6. The van der Waals surface area contributed by atoms with Crippen LogP contribution >= 0.6 is 11.6 Å². The van der Waals surface area contributed by atoms with Crippen molar-refractivity contribution in [2.24, 2.45) is 23.7 Å². The summed E-state index contributed by atoms with van der Waals surface area (Å²) in [5, 5.41) is 10.8. The maximum absolute atomic E-state index is 15.3. The Morgan fingerprint density at radius 2 is 1.46 bits per heavy atom. The Bertz CT molecular complexity index is 2370. The highest BCUT2D eigenvalue weighted by atomic mass is 35.5. The Labute approximate surface area is 336 Å². The number of para-hydroxylation sites is 1. The van der Waals surface area contributed by atoms with E-state index in [2.05, 4.69) is 5.43 Å². The molecule has 306 valence electrons. The van der Waals surface area contributed by atoms with Crippen molar-refractivity contribution in [1.82, 2.24) is 5.01 Å². The van der Waals surface area contributed by atoms with Gasteiger partial charge in [-0.3, -0.25) is 24.6 Å². The Hall–Kier alpha value is -5.74. The number of allylic oxidation sites excluding steroid dienone is 2. The second-order valence-electron chi connectivity index (χ2n) is 14.8. The van der Waals surface area contributed by atoms with Crippen molar-refractivity contribution in [2.45, 2.75) is 36.5 Å². The number of carbonyl (C=O) groups excluding carboxylic acids is 4. The molecule has 2 aliphatic heterocycles. The topological polar surface area (TPSA) is 116 Å². The van der Waals surface area contributed by atoms with Gasteiger partial charge in [0, 0.05) is 16.5 Å². The van der Waals surface area contributed by atoms with Crippen LogP contribution in [0.25, 0.3) is 0 Å². The molecular weight excluding hydrogens is 811 g/mol. The van der Waals surface area contributed by atoms with E-state index in [1.807, 2.05) is 0 Å². The average molecular weight is 842 g/mol. The lowest BCUT2D eigenvalue weighted by atomic mass is 9.49. The molecule has 1 saturated carbocycles. The maximum Gasteiger partial charge on any atom is 0.416 e. The SMILES string of the molecule is O=C1C2CC3C(=CCC4C(=O)N(c5cc(C(F)(F)F)cc(C(F)(F)F)c5)C(=O)C43)C(c3ccccc3OCCO)C2(c2ccc(Cl)cc2)C(=O)N1Nc1ccc(F)cc1. The van der Waals surface area contributed by atoms with Crippen molar-refractivity contribution >= 4 is 46.6 Å². The van der Waals surface area contributed by atoms with Gasteiger partial charge in [0.25, 0.3) is 11.8 Å². The molecule has 17 heteroatoms. The van der Waals surface area contributed by atoms with Gasteiger partial charge in [0.15, 0.2) is 0 Å². The third kappa shape index (κ3) is 6.52. The van der Waals surface area contributed by atoms with Crippen LogP contribution in [-0.2, 0) is 36.9 Å². The summed E-state index contributed by atoms with van der Waals surface area (Å²) in [7, 11) is 0. The summed E-state index contributed by atoms with van der Waals surface area (Å²) in [4.78, 5) is 59.2. The monoisotopic (exact) mass is 841 g/mol. The number of ether oxygens (including phenoxy) is 1. The lowest BCUT2D eigenvalue weighted by molar-refractivity contribution is -0.143. The largest absolute Gasteiger partial charge is 0.491 e. The molecule has 4 aromatic carbocycles. The molecule has 4 amide bonds. The quantitative estimate of drug-likeness (QED) is 0.105. The molecule has 2 N–H and O–H groups in total. The summed E-state index contributed by atoms with van der Waals surface area (Å²) in [6.07, 6.45) is -9.34. The summed E-state index contributed by atoms with van der Waals surface area (Å²) in [5.74, 6) is -10.1. The van der Waals surface area contributed by atoms with E-state index in [1.54, 1.807) is 42.5 Å². The van der Waals surface area contributed by atoms with Crippen LogP contribution in [0.2, 0.25) is 5.02 Å². The highest BCUT2D eigenvalue weighted by molar-refractivity contribution is 6.30. The van der Waals surface area contributed by atoms with E-state index in [0.29, 0.717) is 38.8 Å². The summed E-state index contributed by atoms with van der Waals surface area (Å²) in [6, 6.07) is 18.1. The van der Waals surface area contributed by atoms with Crippen LogP contribution in [-0.4, -0.2) is 47.0 Å². The lowest BCUT2D eigenvalue weighted by Crippen LogP contribution is -2.53. The predicted octanol–water partition coefficient (Wildman–Crippen LogP) is 8.08. The molecular formula is C42H31ClF7N3O6. The number of aliphatic hydroxyl groups excluding tert-OH is 1. The van der Waals surface area contributed by atoms with Crippen LogP contribution in [0.1, 0.15) is 41.0 Å². The molecule has 0 bridgehead atoms. The van der Waals surface area contributed by atoms with Gasteiger partial charge in [0.05, 0.1) is 52.3 Å². The first kappa shape index (κ1) is 40.1. The minimum absolute atomic E-state index is 0.103.